The van der Waals surface area contributed by atoms with Gasteiger partial charge in [-0.15, -0.1) is 0 Å². The molecule has 0 aromatic heterocycles. The van der Waals surface area contributed by atoms with E-state index in [1.54, 1.807) is 25.1 Å². The van der Waals surface area contributed by atoms with Crippen molar-refractivity contribution in [3.05, 3.63) is 61.6 Å². The van der Waals surface area contributed by atoms with E-state index < -0.39 is 17.8 Å². The molecule has 0 spiro atoms. The van der Waals surface area contributed by atoms with Gasteiger partial charge in [0.25, 0.3) is 0 Å². The highest BCUT2D eigenvalue weighted by atomic mass is 79.9. The van der Waals surface area contributed by atoms with Gasteiger partial charge in [0, 0.05) is 39.7 Å². The number of allylic oxidation sites excluding steroid dienone is 6. The van der Waals surface area contributed by atoms with Crippen LogP contribution >= 0.6 is 31.9 Å². The van der Waals surface area contributed by atoms with Gasteiger partial charge in [0.2, 0.25) is 11.8 Å². The number of halogens is 2. The Kier molecular flexibility index (Phi) is 5.13. The van der Waals surface area contributed by atoms with Crippen molar-refractivity contribution < 1.29 is 24.3 Å². The third-order valence-corrected chi connectivity index (χ3v) is 8.12. The monoisotopic (exact) mass is 559 g/mol. The molecule has 1 N–H and O–H groups in total. The van der Waals surface area contributed by atoms with Gasteiger partial charge in [0.15, 0.2) is 11.6 Å². The molecule has 2 amide bonds. The lowest BCUT2D eigenvalue weighted by Crippen LogP contribution is -2.39. The van der Waals surface area contributed by atoms with Gasteiger partial charge < -0.3 is 5.11 Å². The van der Waals surface area contributed by atoms with Gasteiger partial charge >= 0.3 is 0 Å². The minimum absolute atomic E-state index is 0.00611. The number of imide groups is 1. The first-order chi connectivity index (χ1) is 15.2. The number of rotatable bonds is 2. The predicted octanol–water partition coefficient (Wildman–Crippen LogP) is 3.94. The van der Waals surface area contributed by atoms with E-state index in [0.717, 1.165) is 10.0 Å². The van der Waals surface area contributed by atoms with Crippen molar-refractivity contribution in [1.82, 2.24) is 4.90 Å². The summed E-state index contributed by atoms with van der Waals surface area (Å²) >= 11 is 6.63. The highest BCUT2D eigenvalue weighted by Crippen LogP contribution is 2.56. The van der Waals surface area contributed by atoms with Gasteiger partial charge in [-0.1, -0.05) is 27.6 Å². The molecule has 8 heteroatoms. The molecule has 1 aromatic carbocycles. The normalized spacial score (nSPS) is 29.5. The highest BCUT2D eigenvalue weighted by molar-refractivity contribution is 9.12. The van der Waals surface area contributed by atoms with E-state index in [1.807, 2.05) is 6.08 Å². The van der Waals surface area contributed by atoms with E-state index >= 15 is 0 Å². The molecule has 0 bridgehead atoms. The number of carbonyl (C=O) groups is 4. The molecule has 1 fully saturated rings. The smallest absolute Gasteiger partial charge is 0.233 e. The maximum atomic E-state index is 13.2. The molecular weight excluding hydrogens is 542 g/mol. The first-order valence-electron chi connectivity index (χ1n) is 10.5. The predicted molar refractivity (Wildman–Crippen MR) is 123 cm³/mol. The van der Waals surface area contributed by atoms with E-state index in [1.165, 1.54) is 11.0 Å². The van der Waals surface area contributed by atoms with Crippen LogP contribution in [0.4, 0.5) is 0 Å². The second-order valence-electron chi connectivity index (χ2n) is 8.52. The Morgan fingerprint density at radius 3 is 2.56 bits per heavy atom. The van der Waals surface area contributed by atoms with E-state index in [9.17, 15) is 24.3 Å². The number of hydrogen-bond acceptors (Lipinski definition) is 5. The minimum atomic E-state index is -0.658. The van der Waals surface area contributed by atoms with Gasteiger partial charge in [0.1, 0.15) is 5.75 Å². The zero-order chi connectivity index (χ0) is 22.9. The second kappa shape index (κ2) is 7.63. The molecule has 1 aromatic rings. The van der Waals surface area contributed by atoms with Crippen molar-refractivity contribution in [2.45, 2.75) is 25.7 Å². The van der Waals surface area contributed by atoms with Crippen LogP contribution in [0.3, 0.4) is 0 Å². The molecule has 4 atom stereocenters. The lowest BCUT2D eigenvalue weighted by atomic mass is 9.59. The summed E-state index contributed by atoms with van der Waals surface area (Å²) in [7, 11) is 0. The van der Waals surface area contributed by atoms with E-state index in [-0.39, 0.29) is 46.0 Å². The molecule has 1 heterocycles. The Morgan fingerprint density at radius 2 is 1.84 bits per heavy atom. The summed E-state index contributed by atoms with van der Waals surface area (Å²) in [4.78, 5) is 53.5. The SMILES string of the molecule is CCN1C(=O)[C@H]2[C@H](CC=C3[C@H](c4cc(Br)ccc4O)C4=C(C[C@H]32)C(=O)C(Br)=CC4=O)C1=O. The fourth-order valence-electron chi connectivity index (χ4n) is 5.70. The maximum absolute atomic E-state index is 13.2. The number of aromatic hydroxyl groups is 1. The molecule has 3 aliphatic carbocycles. The van der Waals surface area contributed by atoms with Gasteiger partial charge in [-0.05, 0) is 59.8 Å². The van der Waals surface area contributed by atoms with Crippen LogP contribution in [0.5, 0.6) is 5.75 Å². The van der Waals surface area contributed by atoms with Crippen molar-refractivity contribution in [1.29, 1.82) is 0 Å². The number of fused-ring (bicyclic) bond motifs is 3. The number of nitrogens with zero attached hydrogens (tertiary/aromatic N) is 1. The highest BCUT2D eigenvalue weighted by Gasteiger charge is 2.56. The van der Waals surface area contributed by atoms with E-state index in [4.69, 9.17) is 0 Å². The standard InChI is InChI=1S/C24H19Br2NO5/c1-2-27-23(31)12-5-4-11-13(20(12)24(27)32)8-15-21(18(29)9-16(26)22(15)30)19(11)14-7-10(25)3-6-17(14)28/h3-4,6-7,9,12-13,19-20,28H,2,5,8H2,1H3/t12-,13+,19+,20-/m0/s1. The average molecular weight is 561 g/mol. The van der Waals surface area contributed by atoms with Crippen molar-refractivity contribution in [3.63, 3.8) is 0 Å². The zero-order valence-corrected chi connectivity index (χ0v) is 20.3. The van der Waals surface area contributed by atoms with Crippen LogP contribution in [0.1, 0.15) is 31.2 Å². The number of Topliss-reactive ketones (excluding diaryl/α,β-unsaturated/α-hetero) is 1. The Morgan fingerprint density at radius 1 is 1.09 bits per heavy atom. The summed E-state index contributed by atoms with van der Waals surface area (Å²) in [6, 6.07) is 4.98. The molecule has 0 saturated carbocycles. The summed E-state index contributed by atoms with van der Waals surface area (Å²) in [5, 5.41) is 10.7. The molecule has 0 radical (unpaired) electrons. The number of amides is 2. The topological polar surface area (TPSA) is 91.8 Å². The first-order valence-corrected chi connectivity index (χ1v) is 12.1. The summed E-state index contributed by atoms with van der Waals surface area (Å²) in [6.07, 6.45) is 3.83. The van der Waals surface area contributed by atoms with Crippen LogP contribution in [-0.2, 0) is 19.2 Å². The molecule has 5 rings (SSSR count). The first kappa shape index (κ1) is 21.5. The van der Waals surface area contributed by atoms with Crippen LogP contribution in [0, 0.1) is 17.8 Å². The maximum Gasteiger partial charge on any atom is 0.233 e. The Bertz CT molecular complexity index is 1210. The van der Waals surface area contributed by atoms with Gasteiger partial charge in [-0.2, -0.15) is 0 Å². The molecule has 4 aliphatic rings. The van der Waals surface area contributed by atoms with Crippen LogP contribution in [-0.4, -0.2) is 39.9 Å². The van der Waals surface area contributed by atoms with Gasteiger partial charge in [0.05, 0.1) is 16.3 Å². The fourth-order valence-corrected chi connectivity index (χ4v) is 6.52. The fraction of sp³-hybridized carbons (Fsp3) is 0.333. The van der Waals surface area contributed by atoms with Gasteiger partial charge in [-0.25, -0.2) is 0 Å². The number of phenolic OH excluding ortho intramolecular Hbond substituents is 1. The van der Waals surface area contributed by atoms with Crippen molar-refractivity contribution in [2.24, 2.45) is 17.8 Å². The van der Waals surface area contributed by atoms with Crippen molar-refractivity contribution in [2.75, 3.05) is 6.54 Å². The molecule has 1 saturated heterocycles. The third-order valence-electron chi connectivity index (χ3n) is 7.04. The number of phenols is 1. The minimum Gasteiger partial charge on any atom is -0.508 e. The number of benzene rings is 1. The number of ketones is 2. The molecule has 164 valence electrons. The van der Waals surface area contributed by atoms with Gasteiger partial charge in [-0.3, -0.25) is 24.1 Å². The Balaban J connectivity index is 1.73. The quantitative estimate of drug-likeness (QED) is 0.336. The number of hydrogen-bond donors (Lipinski definition) is 1. The summed E-state index contributed by atoms with van der Waals surface area (Å²) in [5.74, 6) is -3.04. The Hall–Kier alpha value is -2.32. The van der Waals surface area contributed by atoms with E-state index in [2.05, 4.69) is 31.9 Å². The summed E-state index contributed by atoms with van der Waals surface area (Å²) in [5.41, 5.74) is 2.02. The van der Waals surface area contributed by atoms with Crippen LogP contribution in [0.25, 0.3) is 0 Å². The molecule has 6 nitrogen and oxygen atoms in total. The lowest BCUT2D eigenvalue weighted by Gasteiger charge is -2.42. The third kappa shape index (κ3) is 2.95. The molecule has 0 unspecified atom stereocenters. The van der Waals surface area contributed by atoms with E-state index in [0.29, 0.717) is 29.7 Å². The average Bonchev–Trinajstić information content (AvgIpc) is 3.02. The molecule has 32 heavy (non-hydrogen) atoms. The lowest BCUT2D eigenvalue weighted by molar-refractivity contribution is -0.139. The summed E-state index contributed by atoms with van der Waals surface area (Å²) < 4.78 is 0.904. The van der Waals surface area contributed by atoms with Crippen LogP contribution < -0.4 is 0 Å². The largest absolute Gasteiger partial charge is 0.508 e. The van der Waals surface area contributed by atoms with Crippen molar-refractivity contribution >= 4 is 55.2 Å². The Labute approximate surface area is 201 Å². The number of carbonyl (C=O) groups excluding carboxylic acids is 4. The summed E-state index contributed by atoms with van der Waals surface area (Å²) in [6.45, 7) is 2.08. The second-order valence-corrected chi connectivity index (χ2v) is 10.3. The molecular formula is C24H19Br2NO5. The van der Waals surface area contributed by atoms with Crippen molar-refractivity contribution in [3.8, 4) is 5.75 Å². The van der Waals surface area contributed by atoms with Crippen LogP contribution in [0.2, 0.25) is 0 Å². The zero-order valence-electron chi connectivity index (χ0n) is 17.1. The molecule has 1 aliphatic heterocycles. The number of likely N-dealkylation sites (tertiary alicyclic amines) is 1. The van der Waals surface area contributed by atoms with Crippen LogP contribution in [0.15, 0.2) is 56.0 Å².